The fraction of sp³-hybridized carbons (Fsp3) is 0.389. The van der Waals surface area contributed by atoms with Gasteiger partial charge in [-0.05, 0) is 46.0 Å². The van der Waals surface area contributed by atoms with Crippen LogP contribution in [0, 0.1) is 10.1 Å². The molecule has 1 aromatic heterocycles. The van der Waals surface area contributed by atoms with E-state index in [1.54, 1.807) is 6.92 Å². The zero-order valence-electron chi connectivity index (χ0n) is 14.5. The summed E-state index contributed by atoms with van der Waals surface area (Å²) in [5, 5.41) is 21.5. The number of aromatic nitrogens is 2. The molecule has 2 heterocycles. The predicted octanol–water partition coefficient (Wildman–Crippen LogP) is 2.99. The first-order valence-electron chi connectivity index (χ1n) is 8.40. The number of benzene rings is 1. The van der Waals surface area contributed by atoms with Crippen LogP contribution in [0.1, 0.15) is 18.9 Å². The number of aliphatic hydroxyl groups is 1. The van der Waals surface area contributed by atoms with Gasteiger partial charge in [-0.15, -0.1) is 0 Å². The van der Waals surface area contributed by atoms with Crippen LogP contribution >= 0.6 is 11.6 Å². The van der Waals surface area contributed by atoms with Gasteiger partial charge in [-0.1, -0.05) is 36.4 Å². The maximum atomic E-state index is 10.8. The zero-order chi connectivity index (χ0) is 18.7. The molecule has 0 saturated carbocycles. The summed E-state index contributed by atoms with van der Waals surface area (Å²) in [4.78, 5) is 16.0. The minimum absolute atomic E-state index is 0.00174. The molecule has 0 amide bonds. The van der Waals surface area contributed by atoms with Gasteiger partial charge >= 0.3 is 11.1 Å². The molecule has 3 rings (SSSR count). The molecule has 0 fully saturated rings. The summed E-state index contributed by atoms with van der Waals surface area (Å²) in [6.45, 7) is 3.87. The smallest absolute Gasteiger partial charge is 0.383 e. The minimum atomic E-state index is -1.09. The third-order valence-corrected chi connectivity index (χ3v) is 4.72. The highest BCUT2D eigenvalue weighted by molar-refractivity contribution is 6.28. The molecule has 0 radical (unpaired) electrons. The highest BCUT2D eigenvalue weighted by Gasteiger charge is 2.29. The third kappa shape index (κ3) is 4.49. The van der Waals surface area contributed by atoms with E-state index >= 15 is 0 Å². The van der Waals surface area contributed by atoms with Gasteiger partial charge in [0.05, 0.1) is 12.1 Å². The Bertz CT molecular complexity index is 817. The largest absolute Gasteiger partial charge is 0.387 e. The Morgan fingerprint density at radius 2 is 2.08 bits per heavy atom. The van der Waals surface area contributed by atoms with Crippen molar-refractivity contribution in [3.05, 3.63) is 63.6 Å². The number of hydrogen-bond donors (Lipinski definition) is 1. The SMILES string of the molecule is CC(O)(CN1CC=C(c2ccccc2)CC1)Cn1cc([N+](=O)[O-])nc1Cl. The van der Waals surface area contributed by atoms with Crippen LogP contribution in [-0.2, 0) is 6.54 Å². The van der Waals surface area contributed by atoms with Gasteiger partial charge in [-0.25, -0.2) is 0 Å². The van der Waals surface area contributed by atoms with E-state index in [1.807, 2.05) is 18.2 Å². The second-order valence-electron chi connectivity index (χ2n) is 6.83. The molecule has 8 heteroatoms. The van der Waals surface area contributed by atoms with Crippen LogP contribution in [0.15, 0.2) is 42.6 Å². The topological polar surface area (TPSA) is 84.4 Å². The molecule has 0 bridgehead atoms. The van der Waals surface area contributed by atoms with Crippen LogP contribution in [0.25, 0.3) is 5.57 Å². The van der Waals surface area contributed by atoms with Gasteiger partial charge in [-0.3, -0.25) is 9.47 Å². The summed E-state index contributed by atoms with van der Waals surface area (Å²) < 4.78 is 1.41. The van der Waals surface area contributed by atoms with Crippen molar-refractivity contribution in [2.75, 3.05) is 19.6 Å². The third-order valence-electron chi connectivity index (χ3n) is 4.42. The molecule has 1 aliphatic rings. The second-order valence-corrected chi connectivity index (χ2v) is 7.17. The summed E-state index contributed by atoms with van der Waals surface area (Å²) >= 11 is 5.94. The maximum Gasteiger partial charge on any atom is 0.383 e. The number of halogens is 1. The number of hydrogen-bond acceptors (Lipinski definition) is 5. The minimum Gasteiger partial charge on any atom is -0.387 e. The van der Waals surface area contributed by atoms with Crippen molar-refractivity contribution in [3.63, 3.8) is 0 Å². The molecule has 7 nitrogen and oxygen atoms in total. The van der Waals surface area contributed by atoms with Crippen LogP contribution in [-0.4, -0.2) is 49.7 Å². The second kappa shape index (κ2) is 7.57. The van der Waals surface area contributed by atoms with Crippen molar-refractivity contribution < 1.29 is 10.0 Å². The van der Waals surface area contributed by atoms with Crippen LogP contribution in [0.4, 0.5) is 5.82 Å². The van der Waals surface area contributed by atoms with Gasteiger partial charge in [0.25, 0.3) is 0 Å². The maximum absolute atomic E-state index is 10.8. The van der Waals surface area contributed by atoms with Gasteiger partial charge in [0, 0.05) is 19.6 Å². The summed E-state index contributed by atoms with van der Waals surface area (Å²) in [5.41, 5.74) is 1.46. The Labute approximate surface area is 156 Å². The molecule has 0 saturated heterocycles. The monoisotopic (exact) mass is 376 g/mol. The molecular weight excluding hydrogens is 356 g/mol. The lowest BCUT2D eigenvalue weighted by molar-refractivity contribution is -0.389. The van der Waals surface area contributed by atoms with E-state index in [0.29, 0.717) is 6.54 Å². The normalized spacial score (nSPS) is 17.6. The summed E-state index contributed by atoms with van der Waals surface area (Å²) in [6.07, 6.45) is 4.35. The summed E-state index contributed by atoms with van der Waals surface area (Å²) in [5.74, 6) is -0.320. The molecule has 0 spiro atoms. The van der Waals surface area contributed by atoms with Gasteiger partial charge in [0.1, 0.15) is 6.20 Å². The number of nitrogens with zero attached hydrogens (tertiary/aromatic N) is 4. The van der Waals surface area contributed by atoms with E-state index in [0.717, 1.165) is 19.5 Å². The van der Waals surface area contributed by atoms with Crippen molar-refractivity contribution in [3.8, 4) is 0 Å². The van der Waals surface area contributed by atoms with Gasteiger partial charge in [0.2, 0.25) is 0 Å². The Morgan fingerprint density at radius 1 is 1.35 bits per heavy atom. The molecule has 1 N–H and O–H groups in total. The Hall–Kier alpha value is -2.22. The lowest BCUT2D eigenvalue weighted by Crippen LogP contribution is -2.45. The molecule has 138 valence electrons. The highest BCUT2D eigenvalue weighted by Crippen LogP contribution is 2.24. The van der Waals surface area contributed by atoms with Crippen molar-refractivity contribution in [2.24, 2.45) is 0 Å². The number of rotatable bonds is 6. The van der Waals surface area contributed by atoms with E-state index in [9.17, 15) is 15.2 Å². The van der Waals surface area contributed by atoms with E-state index < -0.39 is 10.5 Å². The Balaban J connectivity index is 1.62. The molecular formula is C18H21ClN4O3. The fourth-order valence-corrected chi connectivity index (χ4v) is 3.44. The van der Waals surface area contributed by atoms with Crippen molar-refractivity contribution in [2.45, 2.75) is 25.5 Å². The van der Waals surface area contributed by atoms with E-state index in [-0.39, 0.29) is 17.6 Å². The zero-order valence-corrected chi connectivity index (χ0v) is 15.3. The molecule has 1 unspecified atom stereocenters. The van der Waals surface area contributed by atoms with Crippen molar-refractivity contribution >= 4 is 23.0 Å². The fourth-order valence-electron chi connectivity index (χ4n) is 3.25. The summed E-state index contributed by atoms with van der Waals surface area (Å²) in [7, 11) is 0. The lowest BCUT2D eigenvalue weighted by atomic mass is 9.98. The number of imidazole rings is 1. The Morgan fingerprint density at radius 3 is 2.65 bits per heavy atom. The molecule has 1 aliphatic heterocycles. The molecule has 2 aromatic rings. The first kappa shape index (κ1) is 18.6. The van der Waals surface area contributed by atoms with Crippen molar-refractivity contribution in [1.29, 1.82) is 0 Å². The lowest BCUT2D eigenvalue weighted by Gasteiger charge is -2.33. The van der Waals surface area contributed by atoms with Gasteiger partial charge < -0.3 is 15.2 Å². The molecule has 0 aliphatic carbocycles. The van der Waals surface area contributed by atoms with Crippen LogP contribution in [0.5, 0.6) is 0 Å². The highest BCUT2D eigenvalue weighted by atomic mass is 35.5. The average Bonchev–Trinajstić information content (AvgIpc) is 2.96. The van der Waals surface area contributed by atoms with Crippen LogP contribution in [0.2, 0.25) is 5.28 Å². The van der Waals surface area contributed by atoms with E-state index in [1.165, 1.54) is 21.9 Å². The first-order valence-corrected chi connectivity index (χ1v) is 8.78. The van der Waals surface area contributed by atoms with E-state index in [4.69, 9.17) is 11.6 Å². The number of nitro groups is 1. The standard InChI is InChI=1S/C18H21ClN4O3/c1-18(24,13-22-11-16(23(25)26)20-17(22)19)12-21-9-7-15(8-10-21)14-5-3-2-4-6-14/h2-7,11,24H,8-10,12-13H2,1H3. The predicted molar refractivity (Wildman–Crippen MR) is 100.0 cm³/mol. The van der Waals surface area contributed by atoms with E-state index in [2.05, 4.69) is 28.1 Å². The number of β-amino-alcohol motifs (C(OH)–C–C–N with tert-alkyl or cyclic N) is 1. The van der Waals surface area contributed by atoms with Crippen molar-refractivity contribution in [1.82, 2.24) is 14.5 Å². The molecule has 1 atom stereocenters. The Kier molecular flexibility index (Phi) is 5.41. The van der Waals surface area contributed by atoms with Crippen LogP contribution < -0.4 is 0 Å². The first-order chi connectivity index (χ1) is 12.3. The van der Waals surface area contributed by atoms with Gasteiger partial charge in [0.15, 0.2) is 0 Å². The molecule has 26 heavy (non-hydrogen) atoms. The quantitative estimate of drug-likeness (QED) is 0.618. The van der Waals surface area contributed by atoms with Crippen LogP contribution in [0.3, 0.4) is 0 Å². The average molecular weight is 377 g/mol. The van der Waals surface area contributed by atoms with Gasteiger partial charge in [-0.2, -0.15) is 0 Å². The summed E-state index contributed by atoms with van der Waals surface area (Å²) in [6, 6.07) is 10.3. The molecule has 1 aromatic carbocycles.